The van der Waals surface area contributed by atoms with Gasteiger partial charge in [-0.05, 0) is 37.3 Å². The van der Waals surface area contributed by atoms with E-state index in [4.69, 9.17) is 4.42 Å². The molecule has 0 radical (unpaired) electrons. The van der Waals surface area contributed by atoms with Crippen molar-refractivity contribution in [1.29, 1.82) is 0 Å². The number of benzene rings is 2. The van der Waals surface area contributed by atoms with Gasteiger partial charge in [-0.25, -0.2) is 0 Å². The number of nitro benzene ring substituents is 1. The van der Waals surface area contributed by atoms with Crippen LogP contribution in [-0.4, -0.2) is 10.8 Å². The third kappa shape index (κ3) is 2.95. The fourth-order valence-corrected chi connectivity index (χ4v) is 2.65. The highest BCUT2D eigenvalue weighted by Gasteiger charge is 2.17. The zero-order chi connectivity index (χ0) is 16.6. The molecule has 0 unspecified atom stereocenters. The summed E-state index contributed by atoms with van der Waals surface area (Å²) in [5, 5.41) is 14.4. The zero-order valence-electron chi connectivity index (χ0n) is 12.0. The largest absolute Gasteiger partial charge is 0.451 e. The highest BCUT2D eigenvalue weighted by molar-refractivity contribution is 9.10. The number of nitrogens with zero attached hydrogens (tertiary/aromatic N) is 1. The van der Waals surface area contributed by atoms with Gasteiger partial charge in [-0.2, -0.15) is 0 Å². The van der Waals surface area contributed by atoms with Gasteiger partial charge < -0.3 is 9.73 Å². The second kappa shape index (κ2) is 5.85. The predicted octanol–water partition coefficient (Wildman–Crippen LogP) is 4.66. The molecule has 0 bridgehead atoms. The van der Waals surface area contributed by atoms with E-state index in [1.54, 1.807) is 25.1 Å². The first-order valence-electron chi connectivity index (χ1n) is 6.70. The van der Waals surface area contributed by atoms with E-state index in [1.807, 2.05) is 12.1 Å². The Balaban J connectivity index is 1.92. The lowest BCUT2D eigenvalue weighted by molar-refractivity contribution is -0.385. The number of fused-ring (bicyclic) bond motifs is 1. The van der Waals surface area contributed by atoms with Crippen LogP contribution in [0.15, 0.2) is 51.4 Å². The molecule has 3 aromatic rings. The van der Waals surface area contributed by atoms with Gasteiger partial charge in [-0.3, -0.25) is 14.9 Å². The first kappa shape index (κ1) is 15.2. The lowest BCUT2D eigenvalue weighted by atomic mass is 10.1. The van der Waals surface area contributed by atoms with Crippen LogP contribution in [0.5, 0.6) is 0 Å². The number of nitro groups is 1. The average Bonchev–Trinajstić information content (AvgIpc) is 2.92. The fraction of sp³-hybridized carbons (Fsp3) is 0.0625. The highest BCUT2D eigenvalue weighted by Crippen LogP contribution is 2.27. The predicted molar refractivity (Wildman–Crippen MR) is 89.7 cm³/mol. The van der Waals surface area contributed by atoms with Crippen LogP contribution in [0.25, 0.3) is 11.0 Å². The number of furan rings is 1. The smallest absolute Gasteiger partial charge is 0.291 e. The van der Waals surface area contributed by atoms with Gasteiger partial charge in [-0.15, -0.1) is 0 Å². The Morgan fingerprint density at radius 2 is 2.04 bits per heavy atom. The molecule has 0 spiro atoms. The van der Waals surface area contributed by atoms with E-state index in [-0.39, 0.29) is 11.4 Å². The van der Waals surface area contributed by atoms with E-state index in [0.29, 0.717) is 16.8 Å². The Morgan fingerprint density at radius 3 is 2.78 bits per heavy atom. The second-order valence-corrected chi connectivity index (χ2v) is 5.87. The van der Waals surface area contributed by atoms with Crippen molar-refractivity contribution in [2.75, 3.05) is 5.32 Å². The van der Waals surface area contributed by atoms with Crippen LogP contribution in [0.4, 0.5) is 11.4 Å². The van der Waals surface area contributed by atoms with E-state index >= 15 is 0 Å². The third-order valence-electron chi connectivity index (χ3n) is 3.45. The molecule has 0 aliphatic heterocycles. The number of halogens is 1. The highest BCUT2D eigenvalue weighted by atomic mass is 79.9. The first-order chi connectivity index (χ1) is 11.0. The van der Waals surface area contributed by atoms with Crippen LogP contribution in [0, 0.1) is 17.0 Å². The molecule has 0 aliphatic rings. The molecule has 0 aliphatic carbocycles. The minimum atomic E-state index is -0.482. The van der Waals surface area contributed by atoms with Crippen molar-refractivity contribution < 1.29 is 14.1 Å². The van der Waals surface area contributed by atoms with Crippen molar-refractivity contribution in [3.05, 3.63) is 68.4 Å². The van der Waals surface area contributed by atoms with Gasteiger partial charge in [0.25, 0.3) is 11.6 Å². The Hall–Kier alpha value is -2.67. The Labute approximate surface area is 139 Å². The van der Waals surface area contributed by atoms with Crippen molar-refractivity contribution in [3.63, 3.8) is 0 Å². The molecule has 0 saturated carbocycles. The molecular weight excluding hydrogens is 364 g/mol. The molecule has 2 aromatic carbocycles. The quantitative estimate of drug-likeness (QED) is 0.533. The van der Waals surface area contributed by atoms with Crippen molar-refractivity contribution in [1.82, 2.24) is 0 Å². The Kier molecular flexibility index (Phi) is 3.87. The van der Waals surface area contributed by atoms with Crippen molar-refractivity contribution >= 4 is 44.2 Å². The summed E-state index contributed by atoms with van der Waals surface area (Å²) in [6, 6.07) is 11.6. The average molecular weight is 375 g/mol. The van der Waals surface area contributed by atoms with Crippen molar-refractivity contribution in [2.24, 2.45) is 0 Å². The van der Waals surface area contributed by atoms with Gasteiger partial charge in [0.15, 0.2) is 5.76 Å². The molecule has 7 heteroatoms. The summed E-state index contributed by atoms with van der Waals surface area (Å²) in [7, 11) is 0. The van der Waals surface area contributed by atoms with Crippen LogP contribution in [-0.2, 0) is 0 Å². The van der Waals surface area contributed by atoms with Crippen LogP contribution < -0.4 is 5.32 Å². The molecule has 116 valence electrons. The van der Waals surface area contributed by atoms with Crippen molar-refractivity contribution in [2.45, 2.75) is 6.92 Å². The summed E-state index contributed by atoms with van der Waals surface area (Å²) in [6.07, 6.45) is 0. The molecule has 23 heavy (non-hydrogen) atoms. The molecule has 1 heterocycles. The van der Waals surface area contributed by atoms with Gasteiger partial charge in [0, 0.05) is 15.9 Å². The Morgan fingerprint density at radius 1 is 1.26 bits per heavy atom. The van der Waals surface area contributed by atoms with Gasteiger partial charge in [0.05, 0.1) is 16.2 Å². The first-order valence-corrected chi connectivity index (χ1v) is 7.49. The number of anilines is 1. The summed E-state index contributed by atoms with van der Waals surface area (Å²) in [6.45, 7) is 1.59. The molecule has 3 rings (SSSR count). The van der Waals surface area contributed by atoms with E-state index in [2.05, 4.69) is 21.2 Å². The maximum atomic E-state index is 12.3. The van der Waals surface area contributed by atoms with E-state index in [0.717, 1.165) is 9.86 Å². The number of hydrogen-bond donors (Lipinski definition) is 1. The zero-order valence-corrected chi connectivity index (χ0v) is 13.6. The summed E-state index contributed by atoms with van der Waals surface area (Å²) >= 11 is 3.36. The molecular formula is C16H11BrN2O4. The van der Waals surface area contributed by atoms with Gasteiger partial charge in [0.2, 0.25) is 0 Å². The van der Waals surface area contributed by atoms with Gasteiger partial charge in [-0.1, -0.05) is 22.0 Å². The van der Waals surface area contributed by atoms with Crippen LogP contribution >= 0.6 is 15.9 Å². The molecule has 0 atom stereocenters. The van der Waals surface area contributed by atoms with Gasteiger partial charge in [0.1, 0.15) is 5.58 Å². The third-order valence-corrected chi connectivity index (χ3v) is 3.95. The van der Waals surface area contributed by atoms with E-state index in [9.17, 15) is 14.9 Å². The monoisotopic (exact) mass is 374 g/mol. The standard InChI is InChI=1S/C16H11BrN2O4/c1-9-12(3-2-4-13(9)19(21)22)18-16(20)15-8-10-7-11(17)5-6-14(10)23-15/h2-8H,1H3,(H,18,20). The van der Waals surface area contributed by atoms with E-state index < -0.39 is 10.8 Å². The number of carbonyl (C=O) groups excluding carboxylic acids is 1. The van der Waals surface area contributed by atoms with Crippen LogP contribution in [0.3, 0.4) is 0 Å². The maximum absolute atomic E-state index is 12.3. The van der Waals surface area contributed by atoms with Crippen LogP contribution in [0.1, 0.15) is 16.1 Å². The summed E-state index contributed by atoms with van der Waals surface area (Å²) in [5.41, 5.74) is 1.32. The topological polar surface area (TPSA) is 85.4 Å². The number of carbonyl (C=O) groups is 1. The lowest BCUT2D eigenvalue weighted by Crippen LogP contribution is -2.12. The fourth-order valence-electron chi connectivity index (χ4n) is 2.27. The minimum absolute atomic E-state index is 0.0451. The minimum Gasteiger partial charge on any atom is -0.451 e. The number of rotatable bonds is 3. The number of hydrogen-bond acceptors (Lipinski definition) is 4. The molecule has 1 amide bonds. The summed E-state index contributed by atoms with van der Waals surface area (Å²) in [4.78, 5) is 22.8. The summed E-state index contributed by atoms with van der Waals surface area (Å²) in [5.74, 6) is -0.315. The van der Waals surface area contributed by atoms with Gasteiger partial charge >= 0.3 is 0 Å². The molecule has 0 fully saturated rings. The number of amides is 1. The molecule has 1 N–H and O–H groups in total. The van der Waals surface area contributed by atoms with E-state index in [1.165, 1.54) is 12.1 Å². The lowest BCUT2D eigenvalue weighted by Gasteiger charge is -2.06. The number of nitrogens with one attached hydrogen (secondary N) is 1. The SMILES string of the molecule is Cc1c(NC(=O)c2cc3cc(Br)ccc3o2)cccc1[N+](=O)[O-]. The van der Waals surface area contributed by atoms with Crippen LogP contribution in [0.2, 0.25) is 0 Å². The molecule has 1 aromatic heterocycles. The second-order valence-electron chi connectivity index (χ2n) is 4.95. The Bertz CT molecular complexity index is 933. The normalized spacial score (nSPS) is 10.7. The summed E-state index contributed by atoms with van der Waals surface area (Å²) < 4.78 is 6.39. The molecule has 6 nitrogen and oxygen atoms in total. The molecule has 0 saturated heterocycles. The maximum Gasteiger partial charge on any atom is 0.291 e. The van der Waals surface area contributed by atoms with Crippen molar-refractivity contribution in [3.8, 4) is 0 Å².